The molecule has 0 bridgehead atoms. The van der Waals surface area contributed by atoms with Gasteiger partial charge in [0.2, 0.25) is 0 Å². The Morgan fingerprint density at radius 1 is 0.565 bits per heavy atom. The molecule has 0 saturated carbocycles. The molecule has 0 aromatic heterocycles. The van der Waals surface area contributed by atoms with Gasteiger partial charge in [-0.15, -0.1) is 0 Å². The van der Waals surface area contributed by atoms with Crippen LogP contribution in [0.15, 0.2) is 93.5 Å². The third-order valence-electron chi connectivity index (χ3n) is 4.10. The molecule has 0 aliphatic heterocycles. The van der Waals surface area contributed by atoms with Gasteiger partial charge in [0.1, 0.15) is 0 Å². The molecule has 3 aromatic rings. The van der Waals surface area contributed by atoms with E-state index in [9.17, 15) is 0 Å². The molecular formula is C22H23S+. The topological polar surface area (TPSA) is 0 Å². The first-order chi connectivity index (χ1) is 11.3. The fraction of sp³-hybridized carbons (Fsp3) is 0.182. The summed E-state index contributed by atoms with van der Waals surface area (Å²) in [5.74, 6) is 0. The van der Waals surface area contributed by atoms with Crippen molar-refractivity contribution in [1.29, 1.82) is 0 Å². The lowest BCUT2D eigenvalue weighted by atomic mass is 10.1. The fourth-order valence-electron chi connectivity index (χ4n) is 2.94. The number of rotatable bonds is 5. The van der Waals surface area contributed by atoms with E-state index in [0.717, 1.165) is 12.8 Å². The number of benzene rings is 3. The molecule has 0 radical (unpaired) electrons. The molecule has 0 nitrogen and oxygen atoms in total. The monoisotopic (exact) mass is 319 g/mol. The summed E-state index contributed by atoms with van der Waals surface area (Å²) in [7, 11) is -0.0375. The quantitative estimate of drug-likeness (QED) is 0.513. The van der Waals surface area contributed by atoms with Gasteiger partial charge < -0.3 is 0 Å². The van der Waals surface area contributed by atoms with E-state index in [-0.39, 0.29) is 10.9 Å². The lowest BCUT2D eigenvalue weighted by molar-refractivity contribution is 1.00. The number of aryl methyl sites for hydroxylation is 2. The maximum absolute atomic E-state index is 2.29. The Balaban J connectivity index is 2.25. The summed E-state index contributed by atoms with van der Waals surface area (Å²) in [6.45, 7) is 4.52. The van der Waals surface area contributed by atoms with Crippen molar-refractivity contribution in [3.8, 4) is 0 Å². The van der Waals surface area contributed by atoms with Crippen LogP contribution in [0.25, 0.3) is 0 Å². The average molecular weight is 319 g/mol. The Labute approximate surface area is 142 Å². The van der Waals surface area contributed by atoms with E-state index in [2.05, 4.69) is 92.7 Å². The molecule has 0 aliphatic carbocycles. The van der Waals surface area contributed by atoms with Gasteiger partial charge in [-0.3, -0.25) is 0 Å². The maximum Gasteiger partial charge on any atom is 0.172 e. The van der Waals surface area contributed by atoms with E-state index >= 15 is 0 Å². The molecule has 3 rings (SSSR count). The summed E-state index contributed by atoms with van der Waals surface area (Å²) in [6.07, 6.45) is 2.15. The maximum atomic E-state index is 2.29. The lowest BCUT2D eigenvalue weighted by Gasteiger charge is -2.14. The van der Waals surface area contributed by atoms with Gasteiger partial charge in [-0.25, -0.2) is 0 Å². The average Bonchev–Trinajstić information content (AvgIpc) is 2.64. The van der Waals surface area contributed by atoms with Crippen molar-refractivity contribution in [2.45, 2.75) is 41.4 Å². The summed E-state index contributed by atoms with van der Waals surface area (Å²) in [5.41, 5.74) is 2.95. The predicted molar refractivity (Wildman–Crippen MR) is 100 cm³/mol. The molecule has 0 aliphatic rings. The molecule has 1 heteroatoms. The van der Waals surface area contributed by atoms with Gasteiger partial charge in [-0.1, -0.05) is 68.4 Å². The molecule has 23 heavy (non-hydrogen) atoms. The van der Waals surface area contributed by atoms with Gasteiger partial charge in [0, 0.05) is 11.1 Å². The SMILES string of the molecule is CCc1cccc(CC)c1[S+](c1ccccc1)c1ccccc1. The van der Waals surface area contributed by atoms with E-state index < -0.39 is 0 Å². The minimum absolute atomic E-state index is 0.0375. The lowest BCUT2D eigenvalue weighted by Crippen LogP contribution is -2.10. The molecule has 0 N–H and O–H groups in total. The first-order valence-electron chi connectivity index (χ1n) is 8.30. The number of hydrogen-bond donors (Lipinski definition) is 0. The summed E-state index contributed by atoms with van der Waals surface area (Å²) >= 11 is 0. The second-order valence-corrected chi connectivity index (χ2v) is 7.51. The molecule has 3 aromatic carbocycles. The minimum atomic E-state index is -0.0375. The Bertz CT molecular complexity index is 686. The van der Waals surface area contributed by atoms with Crippen molar-refractivity contribution < 1.29 is 0 Å². The van der Waals surface area contributed by atoms with Crippen LogP contribution in [0.4, 0.5) is 0 Å². The van der Waals surface area contributed by atoms with Crippen molar-refractivity contribution in [3.63, 3.8) is 0 Å². The Kier molecular flexibility index (Phi) is 5.19. The zero-order chi connectivity index (χ0) is 16.1. The molecule has 0 atom stereocenters. The Hall–Kier alpha value is -1.99. The highest BCUT2D eigenvalue weighted by Gasteiger charge is 2.32. The van der Waals surface area contributed by atoms with E-state index in [1.54, 1.807) is 0 Å². The highest BCUT2D eigenvalue weighted by atomic mass is 32.2. The smallest absolute Gasteiger partial charge is 0.0619 e. The van der Waals surface area contributed by atoms with E-state index in [1.807, 2.05) is 0 Å². The standard InChI is InChI=1S/C22H23S/c1-3-18-12-11-13-19(4-2)22(18)23(20-14-7-5-8-15-20)21-16-9-6-10-17-21/h5-17H,3-4H2,1-2H3/q+1. The highest BCUT2D eigenvalue weighted by Crippen LogP contribution is 2.35. The molecule has 0 unspecified atom stereocenters. The predicted octanol–water partition coefficient (Wildman–Crippen LogP) is 5.91. The minimum Gasteiger partial charge on any atom is -0.0619 e. The highest BCUT2D eigenvalue weighted by molar-refractivity contribution is 7.97. The Morgan fingerprint density at radius 3 is 1.39 bits per heavy atom. The summed E-state index contributed by atoms with van der Waals surface area (Å²) in [5, 5.41) is 0. The third-order valence-corrected chi connectivity index (χ3v) is 6.52. The van der Waals surface area contributed by atoms with Crippen LogP contribution in [0.2, 0.25) is 0 Å². The molecule has 0 heterocycles. The van der Waals surface area contributed by atoms with Gasteiger partial charge in [0.25, 0.3) is 0 Å². The van der Waals surface area contributed by atoms with Crippen molar-refractivity contribution in [1.82, 2.24) is 0 Å². The van der Waals surface area contributed by atoms with Gasteiger partial charge in [0.15, 0.2) is 14.7 Å². The van der Waals surface area contributed by atoms with Crippen molar-refractivity contribution >= 4 is 10.9 Å². The first kappa shape index (κ1) is 15.9. The van der Waals surface area contributed by atoms with Crippen LogP contribution >= 0.6 is 0 Å². The zero-order valence-electron chi connectivity index (χ0n) is 13.8. The van der Waals surface area contributed by atoms with Crippen LogP contribution in [-0.2, 0) is 23.7 Å². The molecule has 0 saturated heterocycles. The van der Waals surface area contributed by atoms with Crippen molar-refractivity contribution in [2.24, 2.45) is 0 Å². The van der Waals surface area contributed by atoms with Crippen LogP contribution < -0.4 is 0 Å². The van der Waals surface area contributed by atoms with Crippen molar-refractivity contribution in [2.75, 3.05) is 0 Å². The molecule has 0 fully saturated rings. The van der Waals surface area contributed by atoms with E-state index in [1.165, 1.54) is 25.8 Å². The molecular weight excluding hydrogens is 296 g/mol. The second kappa shape index (κ2) is 7.52. The molecule has 0 amide bonds. The second-order valence-electron chi connectivity index (χ2n) is 5.54. The first-order valence-corrected chi connectivity index (χ1v) is 9.52. The Morgan fingerprint density at radius 2 is 1.00 bits per heavy atom. The molecule has 116 valence electrons. The van der Waals surface area contributed by atoms with Crippen molar-refractivity contribution in [3.05, 3.63) is 90.0 Å². The summed E-state index contributed by atoms with van der Waals surface area (Å²) < 4.78 is 0. The van der Waals surface area contributed by atoms with Gasteiger partial charge in [-0.05, 0) is 37.1 Å². The fourth-order valence-corrected chi connectivity index (χ4v) is 5.49. The summed E-state index contributed by atoms with van der Waals surface area (Å²) in [6, 6.07) is 28.7. The number of hydrogen-bond acceptors (Lipinski definition) is 0. The normalized spacial score (nSPS) is 10.9. The molecule has 0 spiro atoms. The third kappa shape index (κ3) is 3.35. The van der Waals surface area contributed by atoms with E-state index in [0.29, 0.717) is 0 Å². The van der Waals surface area contributed by atoms with Crippen LogP contribution in [0, 0.1) is 0 Å². The van der Waals surface area contributed by atoms with Crippen LogP contribution in [0.1, 0.15) is 25.0 Å². The van der Waals surface area contributed by atoms with Gasteiger partial charge >= 0.3 is 0 Å². The van der Waals surface area contributed by atoms with E-state index in [4.69, 9.17) is 0 Å². The summed E-state index contributed by atoms with van der Waals surface area (Å²) in [4.78, 5) is 4.32. The largest absolute Gasteiger partial charge is 0.172 e. The van der Waals surface area contributed by atoms with Crippen LogP contribution in [0.5, 0.6) is 0 Å². The van der Waals surface area contributed by atoms with Crippen LogP contribution in [-0.4, -0.2) is 0 Å². The van der Waals surface area contributed by atoms with Gasteiger partial charge in [-0.2, -0.15) is 0 Å². The van der Waals surface area contributed by atoms with Crippen LogP contribution in [0.3, 0.4) is 0 Å². The zero-order valence-corrected chi connectivity index (χ0v) is 14.6. The van der Waals surface area contributed by atoms with Gasteiger partial charge in [0.05, 0.1) is 10.9 Å².